The minimum atomic E-state index is -3.93. The molecule has 1 aromatic rings. The maximum atomic E-state index is 14.4. The molecule has 2 aliphatic heterocycles. The lowest BCUT2D eigenvalue weighted by molar-refractivity contribution is -0.141. The van der Waals surface area contributed by atoms with E-state index < -0.39 is 80.3 Å². The molecular formula is C37H50FN5O10S. The van der Waals surface area contributed by atoms with E-state index >= 15 is 0 Å². The fourth-order valence-corrected chi connectivity index (χ4v) is 8.35. The van der Waals surface area contributed by atoms with Gasteiger partial charge in [0, 0.05) is 24.9 Å². The van der Waals surface area contributed by atoms with E-state index in [1.54, 1.807) is 53.7 Å². The predicted molar refractivity (Wildman–Crippen MR) is 192 cm³/mol. The molecular weight excluding hydrogens is 725 g/mol. The van der Waals surface area contributed by atoms with E-state index in [0.717, 1.165) is 10.5 Å². The second-order valence-electron chi connectivity index (χ2n) is 15.9. The van der Waals surface area contributed by atoms with Crippen LogP contribution in [0.2, 0.25) is 0 Å². The highest BCUT2D eigenvalue weighted by atomic mass is 32.2. The quantitative estimate of drug-likeness (QED) is 0.250. The summed E-state index contributed by atoms with van der Waals surface area (Å²) in [6.07, 6.45) is -0.389. The van der Waals surface area contributed by atoms with Gasteiger partial charge in [-0.05, 0) is 83.9 Å². The topological polar surface area (TPSA) is 198 Å². The van der Waals surface area contributed by atoms with Gasteiger partial charge in [0.25, 0.3) is 5.91 Å². The molecule has 5 atom stereocenters. The van der Waals surface area contributed by atoms with Gasteiger partial charge in [0.15, 0.2) is 5.78 Å². The van der Waals surface area contributed by atoms with Gasteiger partial charge in [-0.15, -0.1) is 0 Å². The Kier molecular flexibility index (Phi) is 11.8. The van der Waals surface area contributed by atoms with Crippen molar-refractivity contribution in [1.82, 2.24) is 25.2 Å². The van der Waals surface area contributed by atoms with Gasteiger partial charge in [0.1, 0.15) is 35.1 Å². The normalized spacial score (nSPS) is 23.8. The Morgan fingerprint density at radius 3 is 2.39 bits per heavy atom. The monoisotopic (exact) mass is 775 g/mol. The molecule has 2 heterocycles. The van der Waals surface area contributed by atoms with Gasteiger partial charge in [-0.3, -0.25) is 28.8 Å². The highest BCUT2D eigenvalue weighted by Crippen LogP contribution is 2.47. The number of ether oxygens (including phenoxy) is 2. The van der Waals surface area contributed by atoms with Gasteiger partial charge in [-0.2, -0.15) is 0 Å². The molecule has 0 radical (unpaired) electrons. The van der Waals surface area contributed by atoms with Gasteiger partial charge < -0.3 is 25.0 Å². The number of hydrogen-bond acceptors (Lipinski definition) is 10. The molecule has 2 saturated carbocycles. The van der Waals surface area contributed by atoms with Crippen LogP contribution in [0.5, 0.6) is 0 Å². The Morgan fingerprint density at radius 1 is 1.09 bits per heavy atom. The number of benzene rings is 1. The highest BCUT2D eigenvalue weighted by molar-refractivity contribution is 7.91. The van der Waals surface area contributed by atoms with Crippen LogP contribution in [0.25, 0.3) is 0 Å². The zero-order chi connectivity index (χ0) is 39.7. The molecule has 15 nitrogen and oxygen atoms in total. The van der Waals surface area contributed by atoms with Gasteiger partial charge in [-0.25, -0.2) is 22.4 Å². The van der Waals surface area contributed by atoms with Gasteiger partial charge in [0.05, 0.1) is 18.3 Å². The van der Waals surface area contributed by atoms with Crippen LogP contribution in [0, 0.1) is 11.7 Å². The first-order valence-corrected chi connectivity index (χ1v) is 19.8. The van der Waals surface area contributed by atoms with Crippen molar-refractivity contribution < 1.29 is 51.0 Å². The molecule has 17 heteroatoms. The van der Waals surface area contributed by atoms with Crippen molar-refractivity contribution >= 4 is 45.7 Å². The molecule has 54 heavy (non-hydrogen) atoms. The average Bonchev–Trinajstić information content (AvgIpc) is 3.96. The first kappa shape index (κ1) is 40.6. The van der Waals surface area contributed by atoms with Crippen LogP contribution in [0.3, 0.4) is 0 Å². The standard InChI is InChI=1S/C37H50FN5O10S/c1-7-23-17-37(23,33(47)41-54(50,51)26-12-13-26)40-31(45)30-16-25(52-35(49)42-18-22-9-8-10-28(38)27(22)20-42)19-43(30)32(46)29(14-11-24(44)15-21(2)3)39-34(48)53-36(4,5)6/h8-10,15,23,25-26,29-30H,7,11-14,16-20H2,1-6H3,(H,39,48)(H,40,45)(H,41,47)/t23-,25?,29+,30+,37-/m1/s1. The molecule has 0 spiro atoms. The second kappa shape index (κ2) is 15.7. The molecule has 0 aromatic heterocycles. The van der Waals surface area contributed by atoms with Gasteiger partial charge in [0.2, 0.25) is 21.8 Å². The maximum absolute atomic E-state index is 14.4. The van der Waals surface area contributed by atoms with Gasteiger partial charge >= 0.3 is 12.2 Å². The number of nitrogens with one attached hydrogen (secondary N) is 3. The number of carbonyl (C=O) groups is 6. The summed E-state index contributed by atoms with van der Waals surface area (Å²) in [5, 5.41) is 4.59. The molecule has 1 aromatic carbocycles. The van der Waals surface area contributed by atoms with Crippen molar-refractivity contribution in [3.8, 4) is 0 Å². The second-order valence-corrected chi connectivity index (χ2v) is 17.8. The first-order chi connectivity index (χ1) is 25.2. The number of allylic oxidation sites excluding steroid dienone is 2. The van der Waals surface area contributed by atoms with Crippen molar-refractivity contribution in [3.63, 3.8) is 0 Å². The van der Waals surface area contributed by atoms with Crippen molar-refractivity contribution in [3.05, 3.63) is 46.8 Å². The summed E-state index contributed by atoms with van der Waals surface area (Å²) in [6.45, 7) is 9.95. The molecule has 0 bridgehead atoms. The summed E-state index contributed by atoms with van der Waals surface area (Å²) < 4.78 is 53.1. The van der Waals surface area contributed by atoms with Crippen LogP contribution in [0.15, 0.2) is 29.8 Å². The predicted octanol–water partition coefficient (Wildman–Crippen LogP) is 3.35. The molecule has 296 valence electrons. The van der Waals surface area contributed by atoms with Crippen LogP contribution < -0.4 is 15.4 Å². The summed E-state index contributed by atoms with van der Waals surface area (Å²) in [6, 6.07) is 1.86. The number of hydrogen-bond donors (Lipinski definition) is 3. The number of rotatable bonds is 13. The summed E-state index contributed by atoms with van der Waals surface area (Å²) in [7, 11) is -3.93. The maximum Gasteiger partial charge on any atom is 0.410 e. The van der Waals surface area contributed by atoms with E-state index in [-0.39, 0.29) is 57.0 Å². The minimum absolute atomic E-state index is 0.0402. The van der Waals surface area contributed by atoms with Crippen LogP contribution in [-0.4, -0.2) is 95.0 Å². The summed E-state index contributed by atoms with van der Waals surface area (Å²) in [5.74, 6) is -3.55. The molecule has 3 N–H and O–H groups in total. The lowest BCUT2D eigenvalue weighted by Gasteiger charge is -2.30. The fraction of sp³-hybridized carbons (Fsp3) is 0.622. The molecule has 5 rings (SSSR count). The van der Waals surface area contributed by atoms with E-state index in [1.165, 1.54) is 17.0 Å². The number of carbonyl (C=O) groups excluding carboxylic acids is 6. The molecule has 2 aliphatic carbocycles. The van der Waals surface area contributed by atoms with Crippen molar-refractivity contribution in [2.45, 2.75) is 134 Å². The minimum Gasteiger partial charge on any atom is -0.444 e. The number of sulfonamides is 1. The van der Waals surface area contributed by atoms with Crippen LogP contribution in [0.4, 0.5) is 14.0 Å². The summed E-state index contributed by atoms with van der Waals surface area (Å²) in [4.78, 5) is 83.4. The Balaban J connectivity index is 1.39. The summed E-state index contributed by atoms with van der Waals surface area (Å²) >= 11 is 0. The molecule has 3 fully saturated rings. The lowest BCUT2D eigenvalue weighted by Crippen LogP contribution is -2.58. The van der Waals surface area contributed by atoms with Crippen molar-refractivity contribution in [2.75, 3.05) is 6.54 Å². The Morgan fingerprint density at radius 2 is 1.80 bits per heavy atom. The SMILES string of the molecule is CC[C@@H]1C[C@]1(NC(=O)[C@@H]1CC(OC(=O)N2Cc3cccc(F)c3C2)CN1C(=O)[C@H](CCC(=O)C=C(C)C)NC(=O)OC(C)(C)C)C(=O)NS(=O)(=O)C1CC1. The Labute approximate surface area is 314 Å². The fourth-order valence-electron chi connectivity index (χ4n) is 6.99. The number of ketones is 1. The van der Waals surface area contributed by atoms with E-state index in [4.69, 9.17) is 9.47 Å². The highest BCUT2D eigenvalue weighted by Gasteiger charge is 2.62. The third-order valence-corrected chi connectivity index (χ3v) is 11.8. The number of halogens is 1. The number of amides is 5. The average molecular weight is 776 g/mol. The van der Waals surface area contributed by atoms with E-state index in [1.807, 2.05) is 0 Å². The zero-order valence-corrected chi connectivity index (χ0v) is 32.3. The smallest absolute Gasteiger partial charge is 0.410 e. The number of likely N-dealkylation sites (tertiary alicyclic amines) is 1. The third kappa shape index (κ3) is 9.57. The van der Waals surface area contributed by atoms with E-state index in [2.05, 4.69) is 15.4 Å². The van der Waals surface area contributed by atoms with Crippen molar-refractivity contribution in [2.24, 2.45) is 5.92 Å². The van der Waals surface area contributed by atoms with E-state index in [0.29, 0.717) is 30.4 Å². The van der Waals surface area contributed by atoms with E-state index in [9.17, 15) is 41.6 Å². The largest absolute Gasteiger partial charge is 0.444 e. The first-order valence-electron chi connectivity index (χ1n) is 18.3. The molecule has 1 saturated heterocycles. The number of fused-ring (bicyclic) bond motifs is 1. The lowest BCUT2D eigenvalue weighted by atomic mass is 10.0. The van der Waals surface area contributed by atoms with Crippen molar-refractivity contribution in [1.29, 1.82) is 0 Å². The Bertz CT molecular complexity index is 1840. The molecule has 4 aliphatic rings. The third-order valence-electron chi connectivity index (χ3n) is 9.97. The number of alkyl carbamates (subject to hydrolysis) is 1. The van der Waals surface area contributed by atoms with Crippen LogP contribution in [0.1, 0.15) is 97.6 Å². The molecule has 5 amide bonds. The van der Waals surface area contributed by atoms with Gasteiger partial charge in [-0.1, -0.05) is 31.1 Å². The zero-order valence-electron chi connectivity index (χ0n) is 31.5. The van der Waals surface area contributed by atoms with Crippen LogP contribution in [-0.2, 0) is 51.8 Å². The number of nitrogens with zero attached hydrogens (tertiary/aromatic N) is 2. The summed E-state index contributed by atoms with van der Waals surface area (Å²) in [5.41, 5.74) is -0.760. The Hall–Kier alpha value is -4.54. The molecule has 1 unspecified atom stereocenters. The van der Waals surface area contributed by atoms with Crippen LogP contribution >= 0.6 is 0 Å².